The van der Waals surface area contributed by atoms with Crippen molar-refractivity contribution in [1.82, 2.24) is 24.6 Å². The number of anilines is 2. The van der Waals surface area contributed by atoms with Crippen molar-refractivity contribution in [3.63, 3.8) is 0 Å². The zero-order valence-electron chi connectivity index (χ0n) is 22.7. The lowest BCUT2D eigenvalue weighted by molar-refractivity contribution is -0.127. The highest BCUT2D eigenvalue weighted by Crippen LogP contribution is 2.28. The summed E-state index contributed by atoms with van der Waals surface area (Å²) < 4.78 is 6.59. The molecule has 3 aromatic rings. The number of ether oxygens (including phenoxy) is 1. The SMILES string of the molecule is Cn1nc(-c2cccc(CC(=O)N3C=C4CC=CC=C4C3)c2)cc(Nc2ccc(C(=O)N3CCOCC3)cn2)c1=O. The number of carbonyl (C=O) groups is 2. The number of benzene rings is 1. The molecule has 0 unspecified atom stereocenters. The fourth-order valence-corrected chi connectivity index (χ4v) is 5.12. The van der Waals surface area contributed by atoms with Crippen LogP contribution >= 0.6 is 0 Å². The average Bonchev–Trinajstić information content (AvgIpc) is 3.45. The smallest absolute Gasteiger partial charge is 0.290 e. The van der Waals surface area contributed by atoms with E-state index in [2.05, 4.69) is 27.6 Å². The van der Waals surface area contributed by atoms with E-state index >= 15 is 0 Å². The molecule has 1 fully saturated rings. The van der Waals surface area contributed by atoms with E-state index < -0.39 is 0 Å². The second-order valence-corrected chi connectivity index (χ2v) is 10.2. The molecule has 0 bridgehead atoms. The van der Waals surface area contributed by atoms with Crippen LogP contribution in [0.1, 0.15) is 22.3 Å². The predicted molar refractivity (Wildman–Crippen MR) is 154 cm³/mol. The summed E-state index contributed by atoms with van der Waals surface area (Å²) in [6.07, 6.45) is 10.8. The number of morpholine rings is 1. The Morgan fingerprint density at radius 1 is 1.07 bits per heavy atom. The number of allylic oxidation sites excluding steroid dienone is 3. The van der Waals surface area contributed by atoms with Gasteiger partial charge in [0.25, 0.3) is 11.5 Å². The minimum absolute atomic E-state index is 0.0300. The van der Waals surface area contributed by atoms with Gasteiger partial charge >= 0.3 is 0 Å². The number of aromatic nitrogens is 3. The van der Waals surface area contributed by atoms with Crippen LogP contribution in [0.4, 0.5) is 11.5 Å². The molecular formula is C31H30N6O4. The second-order valence-electron chi connectivity index (χ2n) is 10.2. The molecule has 2 aromatic heterocycles. The Balaban J connectivity index is 1.17. The first-order valence-corrected chi connectivity index (χ1v) is 13.6. The molecule has 41 heavy (non-hydrogen) atoms. The third kappa shape index (κ3) is 5.73. The van der Waals surface area contributed by atoms with E-state index in [9.17, 15) is 14.4 Å². The summed E-state index contributed by atoms with van der Waals surface area (Å²) in [4.78, 5) is 46.5. The summed E-state index contributed by atoms with van der Waals surface area (Å²) in [7, 11) is 1.59. The fraction of sp³-hybridized carbons (Fsp3) is 0.258. The summed E-state index contributed by atoms with van der Waals surface area (Å²) in [5.41, 5.74) is 5.07. The Hall–Kier alpha value is -4.83. The van der Waals surface area contributed by atoms with E-state index in [0.717, 1.165) is 17.5 Å². The van der Waals surface area contributed by atoms with Gasteiger partial charge in [-0.1, -0.05) is 36.4 Å². The first-order valence-electron chi connectivity index (χ1n) is 13.6. The van der Waals surface area contributed by atoms with Gasteiger partial charge in [0.15, 0.2) is 0 Å². The van der Waals surface area contributed by atoms with E-state index in [-0.39, 0.29) is 23.8 Å². The van der Waals surface area contributed by atoms with E-state index in [1.54, 1.807) is 35.0 Å². The third-order valence-electron chi connectivity index (χ3n) is 7.37. The maximum atomic E-state index is 13.0. The molecule has 2 amide bonds. The molecule has 10 nitrogen and oxygen atoms in total. The van der Waals surface area contributed by atoms with Crippen molar-refractivity contribution in [2.45, 2.75) is 12.8 Å². The van der Waals surface area contributed by atoms with Crippen molar-refractivity contribution in [2.75, 3.05) is 38.2 Å². The van der Waals surface area contributed by atoms with Gasteiger partial charge in [-0.2, -0.15) is 5.10 Å². The monoisotopic (exact) mass is 550 g/mol. The summed E-state index contributed by atoms with van der Waals surface area (Å²) >= 11 is 0. The van der Waals surface area contributed by atoms with E-state index in [0.29, 0.717) is 55.6 Å². The number of pyridine rings is 1. The molecular weight excluding hydrogens is 520 g/mol. The van der Waals surface area contributed by atoms with E-state index in [1.165, 1.54) is 22.0 Å². The van der Waals surface area contributed by atoms with Crippen LogP contribution in [0.5, 0.6) is 0 Å². The number of rotatable bonds is 6. The molecule has 4 heterocycles. The Kier molecular flexibility index (Phi) is 7.30. The molecule has 1 aliphatic carbocycles. The molecule has 10 heteroatoms. The Morgan fingerprint density at radius 3 is 2.71 bits per heavy atom. The van der Waals surface area contributed by atoms with Crippen LogP contribution in [0.2, 0.25) is 0 Å². The Labute approximate surface area is 237 Å². The van der Waals surface area contributed by atoms with Crippen LogP contribution < -0.4 is 10.9 Å². The van der Waals surface area contributed by atoms with Gasteiger partial charge in [0.1, 0.15) is 11.5 Å². The molecule has 1 aromatic carbocycles. The number of aryl methyl sites for hydroxylation is 1. The number of nitrogens with zero attached hydrogens (tertiary/aromatic N) is 5. The highest BCUT2D eigenvalue weighted by Gasteiger charge is 2.23. The molecule has 0 spiro atoms. The summed E-state index contributed by atoms with van der Waals surface area (Å²) in [5, 5.41) is 7.52. The zero-order valence-corrected chi connectivity index (χ0v) is 22.7. The molecule has 0 saturated carbocycles. The minimum atomic E-state index is -0.317. The Morgan fingerprint density at radius 2 is 1.93 bits per heavy atom. The molecule has 0 atom stereocenters. The van der Waals surface area contributed by atoms with Crippen molar-refractivity contribution >= 4 is 23.3 Å². The van der Waals surface area contributed by atoms with Crippen LogP contribution in [0.3, 0.4) is 0 Å². The van der Waals surface area contributed by atoms with Gasteiger partial charge in [-0.25, -0.2) is 9.67 Å². The van der Waals surface area contributed by atoms with Gasteiger partial charge in [0.05, 0.1) is 37.4 Å². The molecule has 208 valence electrons. The number of fused-ring (bicyclic) bond motifs is 1. The minimum Gasteiger partial charge on any atom is -0.378 e. The van der Waals surface area contributed by atoms with Crippen LogP contribution in [0.15, 0.2) is 89.0 Å². The lowest BCUT2D eigenvalue weighted by atomic mass is 10.0. The molecule has 0 radical (unpaired) electrons. The van der Waals surface area contributed by atoms with Gasteiger partial charge < -0.3 is 19.9 Å². The number of hydrogen-bond acceptors (Lipinski definition) is 7. The molecule has 6 rings (SSSR count). The van der Waals surface area contributed by atoms with Crippen LogP contribution in [-0.4, -0.2) is 69.2 Å². The predicted octanol–water partition coefficient (Wildman–Crippen LogP) is 3.21. The highest BCUT2D eigenvalue weighted by atomic mass is 16.5. The maximum absolute atomic E-state index is 13.0. The van der Waals surface area contributed by atoms with Crippen LogP contribution in [0, 0.1) is 0 Å². The van der Waals surface area contributed by atoms with Crippen molar-refractivity contribution in [3.05, 3.63) is 106 Å². The van der Waals surface area contributed by atoms with Crippen LogP contribution in [-0.2, 0) is 23.0 Å². The van der Waals surface area contributed by atoms with Crippen molar-refractivity contribution in [1.29, 1.82) is 0 Å². The summed E-state index contributed by atoms with van der Waals surface area (Å²) in [6.45, 7) is 2.76. The molecule has 3 aliphatic rings. The summed E-state index contributed by atoms with van der Waals surface area (Å²) in [6, 6.07) is 12.7. The zero-order chi connectivity index (χ0) is 28.3. The quantitative estimate of drug-likeness (QED) is 0.502. The number of amides is 2. The third-order valence-corrected chi connectivity index (χ3v) is 7.37. The maximum Gasteiger partial charge on any atom is 0.290 e. The number of carbonyl (C=O) groups excluding carboxylic acids is 2. The first kappa shape index (κ1) is 26.4. The average molecular weight is 551 g/mol. The topological polar surface area (TPSA) is 110 Å². The first-order chi connectivity index (χ1) is 19.9. The lowest BCUT2D eigenvalue weighted by Gasteiger charge is -2.26. The van der Waals surface area contributed by atoms with Crippen molar-refractivity contribution in [2.24, 2.45) is 7.05 Å². The van der Waals surface area contributed by atoms with Crippen molar-refractivity contribution in [3.8, 4) is 11.3 Å². The van der Waals surface area contributed by atoms with Gasteiger partial charge in [-0.05, 0) is 47.4 Å². The van der Waals surface area contributed by atoms with Gasteiger partial charge in [-0.15, -0.1) is 0 Å². The number of hydrogen-bond donors (Lipinski definition) is 1. The largest absolute Gasteiger partial charge is 0.378 e. The van der Waals surface area contributed by atoms with Crippen LogP contribution in [0.25, 0.3) is 11.3 Å². The lowest BCUT2D eigenvalue weighted by Crippen LogP contribution is -2.40. The molecule has 1 N–H and O–H groups in total. The summed E-state index contributed by atoms with van der Waals surface area (Å²) in [5.74, 6) is 0.367. The highest BCUT2D eigenvalue weighted by molar-refractivity contribution is 5.94. The van der Waals surface area contributed by atoms with Gasteiger partial charge in [0.2, 0.25) is 5.91 Å². The molecule has 1 saturated heterocycles. The van der Waals surface area contributed by atoms with E-state index in [1.807, 2.05) is 36.5 Å². The van der Waals surface area contributed by atoms with E-state index in [4.69, 9.17) is 4.74 Å². The van der Waals surface area contributed by atoms with Crippen molar-refractivity contribution < 1.29 is 14.3 Å². The normalized spacial score (nSPS) is 16.2. The Bertz CT molecular complexity index is 1650. The second kappa shape index (κ2) is 11.3. The number of nitrogens with one attached hydrogen (secondary N) is 1. The van der Waals surface area contributed by atoms with Gasteiger partial charge in [-0.3, -0.25) is 14.4 Å². The fourth-order valence-electron chi connectivity index (χ4n) is 5.12. The standard InChI is InChI=1S/C31H30N6O4/c1-35-31(40)27(33-28-10-9-23(18-32-28)30(39)36-11-13-41-14-12-36)17-26(34-35)22-8-4-5-21(15-22)16-29(38)37-19-24-6-2-3-7-25(24)20-37/h2-6,8-10,15,17-18,20H,7,11-14,16,19H2,1H3,(H,32,33). The van der Waals surface area contributed by atoms with Gasteiger partial charge in [0, 0.05) is 38.1 Å². The molecule has 2 aliphatic heterocycles.